The van der Waals surface area contributed by atoms with Crippen LogP contribution in [0.3, 0.4) is 0 Å². The van der Waals surface area contributed by atoms with Gasteiger partial charge in [-0.2, -0.15) is 10.4 Å². The molecule has 0 radical (unpaired) electrons. The Morgan fingerprint density at radius 1 is 1.43 bits per heavy atom. The molecule has 1 heterocycles. The lowest BCUT2D eigenvalue weighted by molar-refractivity contribution is 0.100. The highest BCUT2D eigenvalue weighted by atomic mass is 16.3. The number of nitrogen functional groups attached to an aromatic ring is 1. The topological polar surface area (TPSA) is 99.9 Å². The van der Waals surface area contributed by atoms with Crippen LogP contribution in [0.5, 0.6) is 0 Å². The summed E-state index contributed by atoms with van der Waals surface area (Å²) >= 11 is 0. The number of nitriles is 1. The van der Waals surface area contributed by atoms with Gasteiger partial charge in [-0.1, -0.05) is 32.6 Å². The molecule has 6 heteroatoms. The number of nitrogens with one attached hydrogen (secondary N) is 1. The van der Waals surface area contributed by atoms with Crippen LogP contribution >= 0.6 is 0 Å². The number of unbranched alkanes of at least 4 members (excludes halogenated alkanes) is 1. The van der Waals surface area contributed by atoms with Crippen LogP contribution in [-0.2, 0) is 0 Å². The molecule has 0 saturated heterocycles. The van der Waals surface area contributed by atoms with Gasteiger partial charge in [0.15, 0.2) is 5.82 Å². The highest BCUT2D eigenvalue weighted by Crippen LogP contribution is 2.32. The number of anilines is 2. The van der Waals surface area contributed by atoms with E-state index >= 15 is 0 Å². The fraction of sp³-hybridized carbons (Fsp3) is 0.733. The zero-order valence-corrected chi connectivity index (χ0v) is 12.7. The lowest BCUT2D eigenvalue weighted by Crippen LogP contribution is -2.25. The summed E-state index contributed by atoms with van der Waals surface area (Å²) in [4.78, 5) is 0. The number of nitrogens with zero attached hydrogens (tertiary/aromatic N) is 3. The Morgan fingerprint density at radius 2 is 2.19 bits per heavy atom. The summed E-state index contributed by atoms with van der Waals surface area (Å²) in [5.74, 6) is 0.905. The molecule has 2 rings (SSSR count). The predicted molar refractivity (Wildman–Crippen MR) is 82.9 cm³/mol. The van der Waals surface area contributed by atoms with E-state index in [-0.39, 0.29) is 6.04 Å². The Labute approximate surface area is 125 Å². The molecule has 0 amide bonds. The van der Waals surface area contributed by atoms with Crippen molar-refractivity contribution < 1.29 is 5.11 Å². The standard InChI is InChI=1S/C15H25N5O/c1-2-3-9-18-15-11(10-16)14(17)20(19-15)12-7-5-4-6-8-13(12)21/h12-13,21H,2-9,17H2,1H3,(H,18,19). The molecule has 2 atom stereocenters. The van der Waals surface area contributed by atoms with Gasteiger partial charge in [-0.25, -0.2) is 4.68 Å². The molecule has 1 aliphatic rings. The zero-order valence-electron chi connectivity index (χ0n) is 12.7. The minimum absolute atomic E-state index is 0.124. The molecule has 0 aliphatic heterocycles. The Hall–Kier alpha value is -1.74. The van der Waals surface area contributed by atoms with Crippen LogP contribution < -0.4 is 11.1 Å². The summed E-state index contributed by atoms with van der Waals surface area (Å²) in [6, 6.07) is 2.00. The summed E-state index contributed by atoms with van der Waals surface area (Å²) in [6.07, 6.45) is 6.49. The first-order chi connectivity index (χ1) is 10.2. The summed E-state index contributed by atoms with van der Waals surface area (Å²) in [5, 5.41) is 27.2. The van der Waals surface area contributed by atoms with Gasteiger partial charge in [0.1, 0.15) is 17.5 Å². The van der Waals surface area contributed by atoms with Gasteiger partial charge in [-0.15, -0.1) is 0 Å². The monoisotopic (exact) mass is 291 g/mol. The minimum atomic E-state index is -0.440. The summed E-state index contributed by atoms with van der Waals surface area (Å²) in [6.45, 7) is 2.89. The number of aromatic nitrogens is 2. The largest absolute Gasteiger partial charge is 0.391 e. The molecule has 0 bridgehead atoms. The maximum atomic E-state index is 10.3. The average Bonchev–Trinajstić information content (AvgIpc) is 2.64. The predicted octanol–water partition coefficient (Wildman–Crippen LogP) is 2.42. The Balaban J connectivity index is 2.24. The SMILES string of the molecule is CCCCNc1nn(C2CCCCCC2O)c(N)c1C#N. The Kier molecular flexibility index (Phi) is 5.45. The average molecular weight is 291 g/mol. The van der Waals surface area contributed by atoms with Crippen LogP contribution in [-0.4, -0.2) is 27.5 Å². The fourth-order valence-corrected chi connectivity index (χ4v) is 2.87. The molecule has 1 aliphatic carbocycles. The molecule has 1 fully saturated rings. The molecule has 0 spiro atoms. The van der Waals surface area contributed by atoms with Crippen LogP contribution in [0.4, 0.5) is 11.6 Å². The second-order valence-electron chi connectivity index (χ2n) is 5.72. The van der Waals surface area contributed by atoms with Crippen LogP contribution in [0.1, 0.15) is 63.5 Å². The van der Waals surface area contributed by atoms with Crippen molar-refractivity contribution in [3.63, 3.8) is 0 Å². The number of aliphatic hydroxyl groups is 1. The normalized spacial score (nSPS) is 22.5. The lowest BCUT2D eigenvalue weighted by atomic mass is 10.1. The molecule has 1 aromatic rings. The van der Waals surface area contributed by atoms with Gasteiger partial charge in [0.25, 0.3) is 0 Å². The number of nitrogens with two attached hydrogens (primary N) is 1. The number of hydrogen-bond acceptors (Lipinski definition) is 5. The summed E-state index contributed by atoms with van der Waals surface area (Å²) < 4.78 is 1.66. The fourth-order valence-electron chi connectivity index (χ4n) is 2.87. The maximum Gasteiger partial charge on any atom is 0.168 e. The van der Waals surface area contributed by atoms with Gasteiger partial charge >= 0.3 is 0 Å². The van der Waals surface area contributed by atoms with Crippen molar-refractivity contribution in [3.05, 3.63) is 5.56 Å². The lowest BCUT2D eigenvalue weighted by Gasteiger charge is -2.21. The van der Waals surface area contributed by atoms with E-state index < -0.39 is 6.10 Å². The molecule has 21 heavy (non-hydrogen) atoms. The molecular formula is C15H25N5O. The minimum Gasteiger partial charge on any atom is -0.391 e. The van der Waals surface area contributed by atoms with Crippen LogP contribution in [0, 0.1) is 11.3 Å². The molecular weight excluding hydrogens is 266 g/mol. The molecule has 116 valence electrons. The summed E-state index contributed by atoms with van der Waals surface area (Å²) in [7, 11) is 0. The third-order valence-electron chi connectivity index (χ3n) is 4.14. The van der Waals surface area contributed by atoms with E-state index in [2.05, 4.69) is 23.4 Å². The van der Waals surface area contributed by atoms with Crippen molar-refractivity contribution in [1.29, 1.82) is 5.26 Å². The van der Waals surface area contributed by atoms with Crippen molar-refractivity contribution in [2.24, 2.45) is 0 Å². The van der Waals surface area contributed by atoms with Gasteiger partial charge in [0.2, 0.25) is 0 Å². The van der Waals surface area contributed by atoms with E-state index in [1.807, 2.05) is 0 Å². The first kappa shape index (κ1) is 15.6. The number of hydrogen-bond donors (Lipinski definition) is 3. The molecule has 0 aromatic carbocycles. The van der Waals surface area contributed by atoms with Gasteiger partial charge < -0.3 is 16.2 Å². The zero-order chi connectivity index (χ0) is 15.2. The first-order valence-corrected chi connectivity index (χ1v) is 7.89. The van der Waals surface area contributed by atoms with E-state index in [4.69, 9.17) is 5.73 Å². The highest BCUT2D eigenvalue weighted by molar-refractivity contribution is 5.63. The van der Waals surface area contributed by atoms with E-state index in [0.29, 0.717) is 17.2 Å². The van der Waals surface area contributed by atoms with Crippen molar-refractivity contribution >= 4 is 11.6 Å². The Morgan fingerprint density at radius 3 is 2.90 bits per heavy atom. The van der Waals surface area contributed by atoms with E-state index in [1.165, 1.54) is 0 Å². The molecule has 6 nitrogen and oxygen atoms in total. The third-order valence-corrected chi connectivity index (χ3v) is 4.14. The Bertz CT molecular complexity index is 505. The molecule has 2 unspecified atom stereocenters. The van der Waals surface area contributed by atoms with Crippen molar-refractivity contribution in [1.82, 2.24) is 9.78 Å². The van der Waals surface area contributed by atoms with Gasteiger partial charge in [-0.3, -0.25) is 0 Å². The summed E-state index contributed by atoms with van der Waals surface area (Å²) in [5.41, 5.74) is 6.48. The second-order valence-corrected chi connectivity index (χ2v) is 5.72. The number of rotatable bonds is 5. The molecule has 1 aromatic heterocycles. The van der Waals surface area contributed by atoms with Crippen LogP contribution in [0.15, 0.2) is 0 Å². The van der Waals surface area contributed by atoms with Crippen LogP contribution in [0.25, 0.3) is 0 Å². The maximum absolute atomic E-state index is 10.3. The van der Waals surface area contributed by atoms with Gasteiger partial charge in [0, 0.05) is 6.54 Å². The van der Waals surface area contributed by atoms with Crippen molar-refractivity contribution in [2.75, 3.05) is 17.6 Å². The third kappa shape index (κ3) is 3.48. The highest BCUT2D eigenvalue weighted by Gasteiger charge is 2.28. The molecule has 1 saturated carbocycles. The van der Waals surface area contributed by atoms with E-state index in [0.717, 1.165) is 51.5 Å². The van der Waals surface area contributed by atoms with Gasteiger partial charge in [0.05, 0.1) is 12.1 Å². The van der Waals surface area contributed by atoms with Crippen molar-refractivity contribution in [3.8, 4) is 6.07 Å². The number of aliphatic hydroxyl groups excluding tert-OH is 1. The molecule has 4 N–H and O–H groups in total. The van der Waals surface area contributed by atoms with Crippen molar-refractivity contribution in [2.45, 2.75) is 64.0 Å². The van der Waals surface area contributed by atoms with E-state index in [1.54, 1.807) is 4.68 Å². The van der Waals surface area contributed by atoms with Crippen LogP contribution in [0.2, 0.25) is 0 Å². The second kappa shape index (κ2) is 7.32. The van der Waals surface area contributed by atoms with E-state index in [9.17, 15) is 10.4 Å². The quantitative estimate of drug-likeness (QED) is 0.571. The smallest absolute Gasteiger partial charge is 0.168 e. The first-order valence-electron chi connectivity index (χ1n) is 7.89. The van der Waals surface area contributed by atoms with Gasteiger partial charge in [-0.05, 0) is 19.3 Å².